The van der Waals surface area contributed by atoms with Crippen LogP contribution in [0.4, 0.5) is 11.4 Å². The van der Waals surface area contributed by atoms with E-state index in [1.807, 2.05) is 17.5 Å². The molecular weight excluding hydrogens is 446 g/mol. The van der Waals surface area contributed by atoms with Gasteiger partial charge in [-0.05, 0) is 54.6 Å². The molecule has 2 aromatic heterocycles. The number of amides is 3. The Morgan fingerprint density at radius 2 is 1.84 bits per heavy atom. The van der Waals surface area contributed by atoms with Crippen LogP contribution in [0.5, 0.6) is 0 Å². The molecule has 1 saturated heterocycles. The molecule has 3 heterocycles. The maximum absolute atomic E-state index is 12.4. The number of hydrogen-bond donors (Lipinski definition) is 2. The number of rotatable bonds is 6. The van der Waals surface area contributed by atoms with Crippen molar-refractivity contribution in [2.75, 3.05) is 16.8 Å². The standard InChI is InChI=1S/C23H21N3O4S2/c27-20-8-1-2-11-26(20)16-6-3-5-15(13-16)25-23(30)22(29)24-14-17-9-10-19(32-17)21(28)18-7-4-12-31-18/h3-7,9-10,12-13H,1-2,8,11,14H2,(H,24,29)(H,25,30). The van der Waals surface area contributed by atoms with Crippen LogP contribution in [0.1, 0.15) is 38.7 Å². The van der Waals surface area contributed by atoms with E-state index in [0.29, 0.717) is 34.1 Å². The van der Waals surface area contributed by atoms with Crippen molar-refractivity contribution in [2.24, 2.45) is 0 Å². The number of thiophene rings is 2. The van der Waals surface area contributed by atoms with Gasteiger partial charge in [-0.15, -0.1) is 22.7 Å². The summed E-state index contributed by atoms with van der Waals surface area (Å²) in [5.41, 5.74) is 1.15. The molecular formula is C23H21N3O4S2. The Bertz CT molecular complexity index is 1150. The maximum Gasteiger partial charge on any atom is 0.313 e. The average Bonchev–Trinajstić information content (AvgIpc) is 3.50. The summed E-state index contributed by atoms with van der Waals surface area (Å²) in [7, 11) is 0. The quantitative estimate of drug-likeness (QED) is 0.426. The summed E-state index contributed by atoms with van der Waals surface area (Å²) in [5.74, 6) is -1.56. The third-order valence-electron chi connectivity index (χ3n) is 5.00. The van der Waals surface area contributed by atoms with E-state index in [4.69, 9.17) is 0 Å². The number of benzene rings is 1. The summed E-state index contributed by atoms with van der Waals surface area (Å²) in [5, 5.41) is 7.00. The van der Waals surface area contributed by atoms with E-state index in [1.165, 1.54) is 22.7 Å². The number of piperidine rings is 1. The minimum atomic E-state index is -0.793. The van der Waals surface area contributed by atoms with Crippen LogP contribution in [0.25, 0.3) is 0 Å². The van der Waals surface area contributed by atoms with Gasteiger partial charge in [-0.3, -0.25) is 19.2 Å². The summed E-state index contributed by atoms with van der Waals surface area (Å²) < 4.78 is 0. The second kappa shape index (κ2) is 9.88. The molecule has 0 bridgehead atoms. The first kappa shape index (κ1) is 21.9. The molecule has 7 nitrogen and oxygen atoms in total. The Hall–Kier alpha value is -3.30. The van der Waals surface area contributed by atoms with Crippen LogP contribution in [-0.2, 0) is 20.9 Å². The van der Waals surface area contributed by atoms with Crippen molar-refractivity contribution in [1.82, 2.24) is 5.32 Å². The van der Waals surface area contributed by atoms with Crippen molar-refractivity contribution in [1.29, 1.82) is 0 Å². The van der Waals surface area contributed by atoms with Gasteiger partial charge in [-0.1, -0.05) is 12.1 Å². The fraction of sp³-hybridized carbons (Fsp3) is 0.217. The Balaban J connectivity index is 1.32. The molecule has 0 unspecified atom stereocenters. The summed E-state index contributed by atoms with van der Waals surface area (Å²) in [6.07, 6.45) is 2.34. The lowest BCUT2D eigenvalue weighted by Gasteiger charge is -2.27. The summed E-state index contributed by atoms with van der Waals surface area (Å²) >= 11 is 2.67. The summed E-state index contributed by atoms with van der Waals surface area (Å²) in [6.45, 7) is 0.797. The lowest BCUT2D eigenvalue weighted by Crippen LogP contribution is -2.36. The second-order valence-electron chi connectivity index (χ2n) is 7.26. The maximum atomic E-state index is 12.4. The van der Waals surface area contributed by atoms with Crippen molar-refractivity contribution in [3.8, 4) is 0 Å². The van der Waals surface area contributed by atoms with E-state index < -0.39 is 11.8 Å². The highest BCUT2D eigenvalue weighted by molar-refractivity contribution is 7.16. The Morgan fingerprint density at radius 3 is 2.62 bits per heavy atom. The minimum absolute atomic E-state index is 0.0487. The van der Waals surface area contributed by atoms with Gasteiger partial charge in [0.05, 0.1) is 16.3 Å². The number of hydrogen-bond acceptors (Lipinski definition) is 6. The molecule has 0 aliphatic carbocycles. The van der Waals surface area contributed by atoms with Crippen LogP contribution in [0.3, 0.4) is 0 Å². The molecule has 164 valence electrons. The number of anilines is 2. The van der Waals surface area contributed by atoms with Crippen molar-refractivity contribution >= 4 is 57.6 Å². The van der Waals surface area contributed by atoms with E-state index in [9.17, 15) is 19.2 Å². The van der Waals surface area contributed by atoms with Crippen LogP contribution in [0.15, 0.2) is 53.9 Å². The van der Waals surface area contributed by atoms with Gasteiger partial charge in [0.15, 0.2) is 0 Å². The highest BCUT2D eigenvalue weighted by atomic mass is 32.1. The number of ketones is 1. The Morgan fingerprint density at radius 1 is 0.969 bits per heavy atom. The number of carbonyl (C=O) groups excluding carboxylic acids is 4. The molecule has 9 heteroatoms. The van der Waals surface area contributed by atoms with Crippen LogP contribution >= 0.6 is 22.7 Å². The third kappa shape index (κ3) is 5.12. The van der Waals surface area contributed by atoms with Gasteiger partial charge in [-0.25, -0.2) is 0 Å². The van der Waals surface area contributed by atoms with Crippen molar-refractivity contribution < 1.29 is 19.2 Å². The minimum Gasteiger partial charge on any atom is -0.343 e. The Labute approximate surface area is 193 Å². The lowest BCUT2D eigenvalue weighted by molar-refractivity contribution is -0.136. The zero-order valence-electron chi connectivity index (χ0n) is 17.1. The van der Waals surface area contributed by atoms with Crippen LogP contribution in [-0.4, -0.2) is 30.0 Å². The zero-order chi connectivity index (χ0) is 22.5. The molecule has 4 rings (SSSR count). The van der Waals surface area contributed by atoms with Crippen molar-refractivity contribution in [3.63, 3.8) is 0 Å². The lowest BCUT2D eigenvalue weighted by atomic mass is 10.1. The molecule has 0 radical (unpaired) electrons. The first-order chi connectivity index (χ1) is 15.5. The molecule has 0 saturated carbocycles. The molecule has 1 aromatic carbocycles. The predicted molar refractivity (Wildman–Crippen MR) is 125 cm³/mol. The fourth-order valence-corrected chi connectivity index (χ4v) is 5.03. The van der Waals surface area contributed by atoms with Gasteiger partial charge in [0, 0.05) is 29.2 Å². The smallest absolute Gasteiger partial charge is 0.313 e. The number of nitrogens with zero attached hydrogens (tertiary/aromatic N) is 1. The van der Waals surface area contributed by atoms with E-state index in [1.54, 1.807) is 41.3 Å². The molecule has 3 amide bonds. The first-order valence-corrected chi connectivity index (χ1v) is 11.9. The van der Waals surface area contributed by atoms with E-state index in [2.05, 4.69) is 10.6 Å². The van der Waals surface area contributed by atoms with Gasteiger partial charge in [0.25, 0.3) is 0 Å². The zero-order valence-corrected chi connectivity index (χ0v) is 18.8. The molecule has 2 N–H and O–H groups in total. The van der Waals surface area contributed by atoms with Gasteiger partial charge >= 0.3 is 11.8 Å². The molecule has 1 aliphatic rings. The normalized spacial score (nSPS) is 13.6. The van der Waals surface area contributed by atoms with E-state index in [-0.39, 0.29) is 18.2 Å². The number of nitrogens with one attached hydrogen (secondary N) is 2. The van der Waals surface area contributed by atoms with Gasteiger partial charge in [0.2, 0.25) is 11.7 Å². The molecule has 1 fully saturated rings. The van der Waals surface area contributed by atoms with Crippen LogP contribution in [0, 0.1) is 0 Å². The SMILES string of the molecule is O=C(NCc1ccc(C(=O)c2cccs2)s1)C(=O)Nc1cccc(N2CCCCC2=O)c1. The number of carbonyl (C=O) groups is 4. The highest BCUT2D eigenvalue weighted by Crippen LogP contribution is 2.24. The molecule has 0 spiro atoms. The molecule has 1 aliphatic heterocycles. The van der Waals surface area contributed by atoms with Gasteiger partial charge < -0.3 is 15.5 Å². The summed E-state index contributed by atoms with van der Waals surface area (Å²) in [6, 6.07) is 14.0. The van der Waals surface area contributed by atoms with Gasteiger partial charge in [0.1, 0.15) is 0 Å². The molecule has 32 heavy (non-hydrogen) atoms. The van der Waals surface area contributed by atoms with E-state index in [0.717, 1.165) is 17.7 Å². The van der Waals surface area contributed by atoms with E-state index >= 15 is 0 Å². The topological polar surface area (TPSA) is 95.6 Å². The monoisotopic (exact) mass is 467 g/mol. The van der Waals surface area contributed by atoms with Crippen LogP contribution in [0.2, 0.25) is 0 Å². The second-order valence-corrected chi connectivity index (χ2v) is 9.38. The predicted octanol–water partition coefficient (Wildman–Crippen LogP) is 3.81. The first-order valence-electron chi connectivity index (χ1n) is 10.2. The average molecular weight is 468 g/mol. The highest BCUT2D eigenvalue weighted by Gasteiger charge is 2.21. The van der Waals surface area contributed by atoms with Crippen molar-refractivity contribution in [3.05, 3.63) is 68.5 Å². The third-order valence-corrected chi connectivity index (χ3v) is 6.95. The Kier molecular flexibility index (Phi) is 6.77. The van der Waals surface area contributed by atoms with Crippen LogP contribution < -0.4 is 15.5 Å². The molecule has 3 aromatic rings. The summed E-state index contributed by atoms with van der Waals surface area (Å²) in [4.78, 5) is 52.8. The fourth-order valence-electron chi connectivity index (χ4n) is 3.39. The van der Waals surface area contributed by atoms with Crippen molar-refractivity contribution in [2.45, 2.75) is 25.8 Å². The largest absolute Gasteiger partial charge is 0.343 e. The molecule has 0 atom stereocenters. The van der Waals surface area contributed by atoms with Gasteiger partial charge in [-0.2, -0.15) is 0 Å².